The van der Waals surface area contributed by atoms with Gasteiger partial charge in [0.2, 0.25) is 0 Å². The number of para-hydroxylation sites is 1. The van der Waals surface area contributed by atoms with Gasteiger partial charge in [-0.1, -0.05) is 68.5 Å². The van der Waals surface area contributed by atoms with Crippen molar-refractivity contribution in [2.45, 2.75) is 32.8 Å². The Morgan fingerprint density at radius 2 is 1.67 bits per heavy atom. The summed E-state index contributed by atoms with van der Waals surface area (Å²) < 4.78 is 5.98. The lowest BCUT2D eigenvalue weighted by atomic mass is 9.77. The number of anilines is 1. The Kier molecular flexibility index (Phi) is 7.69. The number of hydrogen-bond donors (Lipinski definition) is 4. The summed E-state index contributed by atoms with van der Waals surface area (Å²) in [6.07, 6.45) is 2.78. The number of phenols is 1. The Hall–Kier alpha value is -3.84. The zero-order valence-electron chi connectivity index (χ0n) is 18.6. The van der Waals surface area contributed by atoms with Crippen LogP contribution in [0.25, 0.3) is 10.8 Å². The van der Waals surface area contributed by atoms with Crippen LogP contribution in [0.4, 0.5) is 10.5 Å². The molecule has 3 aromatic carbocycles. The van der Waals surface area contributed by atoms with E-state index in [2.05, 4.69) is 5.32 Å². The molecule has 1 atom stereocenters. The molecule has 33 heavy (non-hydrogen) atoms. The van der Waals surface area contributed by atoms with Crippen LogP contribution in [0.2, 0.25) is 0 Å². The summed E-state index contributed by atoms with van der Waals surface area (Å²) in [5.41, 5.74) is 2.41. The number of phenolic OH excluding ortho intramolecular Hbond substituents is 1. The summed E-state index contributed by atoms with van der Waals surface area (Å²) >= 11 is 0. The second-order valence-corrected chi connectivity index (χ2v) is 8.40. The van der Waals surface area contributed by atoms with E-state index in [0.717, 1.165) is 10.9 Å². The number of fused-ring (bicyclic) bond motifs is 1. The second kappa shape index (κ2) is 10.7. The van der Waals surface area contributed by atoms with Gasteiger partial charge in [0.25, 0.3) is 5.91 Å². The largest absolute Gasteiger partial charge is 0.507 e. The number of benzene rings is 3. The van der Waals surface area contributed by atoms with Crippen LogP contribution in [0.5, 0.6) is 5.75 Å². The molecular weight excluding hydrogens is 420 g/mol. The predicted octanol–water partition coefficient (Wildman–Crippen LogP) is 5.70. The maximum Gasteiger partial charge on any atom is 0.412 e. The maximum absolute atomic E-state index is 12.8. The van der Waals surface area contributed by atoms with Crippen molar-refractivity contribution in [3.63, 3.8) is 0 Å². The molecule has 7 nitrogen and oxygen atoms in total. The average Bonchev–Trinajstić information content (AvgIpc) is 2.81. The van der Waals surface area contributed by atoms with Gasteiger partial charge in [-0.05, 0) is 36.4 Å². The smallest absolute Gasteiger partial charge is 0.412 e. The summed E-state index contributed by atoms with van der Waals surface area (Å²) in [6.45, 7) is 3.96. The molecule has 0 bridgehead atoms. The number of nitrogens with one attached hydrogen (secondary N) is 2. The van der Waals surface area contributed by atoms with Crippen LogP contribution in [0.15, 0.2) is 78.9 Å². The molecule has 3 aromatic rings. The maximum atomic E-state index is 12.8. The third kappa shape index (κ3) is 6.11. The fourth-order valence-corrected chi connectivity index (χ4v) is 3.77. The molecule has 0 aliphatic rings. The normalized spacial score (nSPS) is 12.5. The third-order valence-electron chi connectivity index (χ3n) is 5.51. The molecule has 0 fully saturated rings. The predicted molar refractivity (Wildman–Crippen MR) is 127 cm³/mol. The fourth-order valence-electron chi connectivity index (χ4n) is 3.77. The number of rotatable bonds is 8. The van der Waals surface area contributed by atoms with Crippen molar-refractivity contribution in [2.75, 3.05) is 5.32 Å². The van der Waals surface area contributed by atoms with E-state index >= 15 is 0 Å². The van der Waals surface area contributed by atoms with Gasteiger partial charge >= 0.3 is 6.09 Å². The summed E-state index contributed by atoms with van der Waals surface area (Å²) in [4.78, 5) is 24.1. The lowest BCUT2D eigenvalue weighted by molar-refractivity contribution is -0.124. The van der Waals surface area contributed by atoms with Gasteiger partial charge in [0, 0.05) is 28.1 Å². The molecule has 0 spiro atoms. The van der Waals surface area contributed by atoms with Crippen molar-refractivity contribution in [1.82, 2.24) is 5.48 Å². The third-order valence-corrected chi connectivity index (χ3v) is 5.51. The first kappa shape index (κ1) is 23.8. The minimum absolute atomic E-state index is 0.151. The van der Waals surface area contributed by atoms with Gasteiger partial charge in [-0.15, -0.1) is 0 Å². The van der Waals surface area contributed by atoms with Crippen LogP contribution >= 0.6 is 0 Å². The Labute approximate surface area is 192 Å². The molecule has 0 saturated carbocycles. The van der Waals surface area contributed by atoms with Crippen molar-refractivity contribution < 1.29 is 24.6 Å². The number of carbonyl (C=O) groups is 2. The molecule has 0 radical (unpaired) electrons. The van der Waals surface area contributed by atoms with Crippen molar-refractivity contribution in [2.24, 2.45) is 5.41 Å². The Balaban J connectivity index is 1.92. The number of carbonyl (C=O) groups excluding carboxylic acids is 2. The van der Waals surface area contributed by atoms with Gasteiger partial charge in [-0.2, -0.15) is 0 Å². The van der Waals surface area contributed by atoms with Gasteiger partial charge in [0.1, 0.15) is 11.9 Å². The van der Waals surface area contributed by atoms with Crippen LogP contribution in [0, 0.1) is 5.41 Å². The summed E-state index contributed by atoms with van der Waals surface area (Å²) in [6, 6.07) is 19.8. The van der Waals surface area contributed by atoms with Crippen molar-refractivity contribution in [1.29, 1.82) is 0 Å². The first-order valence-corrected chi connectivity index (χ1v) is 10.7. The fraction of sp³-hybridized carbons (Fsp3) is 0.231. The number of allylic oxidation sites excluding steroid dienone is 1. The molecule has 2 amide bonds. The highest BCUT2D eigenvalue weighted by Gasteiger charge is 2.35. The van der Waals surface area contributed by atoms with E-state index < -0.39 is 23.5 Å². The quantitative estimate of drug-likeness (QED) is 0.201. The van der Waals surface area contributed by atoms with E-state index in [9.17, 15) is 14.7 Å². The second-order valence-electron chi connectivity index (χ2n) is 8.40. The molecule has 0 unspecified atom stereocenters. The number of aromatic hydroxyl groups is 1. The average molecular weight is 449 g/mol. The van der Waals surface area contributed by atoms with Crippen molar-refractivity contribution in [3.05, 3.63) is 84.4 Å². The lowest BCUT2D eigenvalue weighted by Gasteiger charge is -2.35. The molecule has 0 aliphatic heterocycles. The van der Waals surface area contributed by atoms with Crippen LogP contribution in [0.3, 0.4) is 0 Å². The van der Waals surface area contributed by atoms with Gasteiger partial charge in [0.05, 0.1) is 0 Å². The Morgan fingerprint density at radius 1 is 1.00 bits per heavy atom. The van der Waals surface area contributed by atoms with Crippen LogP contribution in [-0.4, -0.2) is 22.3 Å². The molecule has 7 heteroatoms. The monoisotopic (exact) mass is 448 g/mol. The van der Waals surface area contributed by atoms with E-state index in [-0.39, 0.29) is 5.75 Å². The van der Waals surface area contributed by atoms with E-state index in [1.54, 1.807) is 35.8 Å². The molecule has 4 N–H and O–H groups in total. The van der Waals surface area contributed by atoms with E-state index in [4.69, 9.17) is 9.94 Å². The Morgan fingerprint density at radius 3 is 2.36 bits per heavy atom. The van der Waals surface area contributed by atoms with E-state index in [0.29, 0.717) is 23.9 Å². The molecular formula is C26H28N2O5. The molecule has 3 rings (SSSR count). The minimum atomic E-state index is -0.646. The van der Waals surface area contributed by atoms with Gasteiger partial charge in [0.15, 0.2) is 0 Å². The molecule has 0 aromatic heterocycles. The topological polar surface area (TPSA) is 108 Å². The highest BCUT2D eigenvalue weighted by molar-refractivity contribution is 5.91. The zero-order chi connectivity index (χ0) is 23.8. The van der Waals surface area contributed by atoms with Crippen LogP contribution < -0.4 is 10.8 Å². The summed E-state index contributed by atoms with van der Waals surface area (Å²) in [5, 5.41) is 23.2. The van der Waals surface area contributed by atoms with Gasteiger partial charge < -0.3 is 9.84 Å². The lowest BCUT2D eigenvalue weighted by Crippen LogP contribution is -2.29. The zero-order valence-corrected chi connectivity index (χ0v) is 18.6. The highest BCUT2D eigenvalue weighted by Crippen LogP contribution is 2.44. The van der Waals surface area contributed by atoms with Crippen molar-refractivity contribution >= 4 is 28.5 Å². The van der Waals surface area contributed by atoms with Crippen LogP contribution in [0.1, 0.15) is 38.4 Å². The molecule has 0 aliphatic carbocycles. The number of hydroxylamine groups is 1. The van der Waals surface area contributed by atoms with Gasteiger partial charge in [-0.3, -0.25) is 15.3 Å². The summed E-state index contributed by atoms with van der Waals surface area (Å²) in [5.74, 6) is -0.454. The molecule has 0 heterocycles. The van der Waals surface area contributed by atoms with Crippen molar-refractivity contribution in [3.8, 4) is 5.75 Å². The standard InChI is InChI=1S/C26H28N2O5/c1-26(2,17-9-8-14-23(30)28-32)24(33-25(31)27-18-10-4-3-5-11-18)21-15-16-22(29)20-13-7-6-12-19(20)21/h3-8,10-16,24,29,32H,9,17H2,1-2H3,(H,27,31)(H,28,30)/b14-8+/t24-/m0/s1. The van der Waals surface area contributed by atoms with E-state index in [1.807, 2.05) is 56.3 Å². The molecule has 172 valence electrons. The summed E-state index contributed by atoms with van der Waals surface area (Å²) in [7, 11) is 0. The van der Waals surface area contributed by atoms with Crippen LogP contribution in [-0.2, 0) is 9.53 Å². The minimum Gasteiger partial charge on any atom is -0.507 e. The number of ether oxygens (including phenoxy) is 1. The number of hydrogen-bond acceptors (Lipinski definition) is 5. The Bertz CT molecular complexity index is 1140. The first-order valence-electron chi connectivity index (χ1n) is 10.7. The van der Waals surface area contributed by atoms with Gasteiger partial charge in [-0.25, -0.2) is 10.3 Å². The number of amides is 2. The van der Waals surface area contributed by atoms with E-state index in [1.165, 1.54) is 6.08 Å². The molecule has 0 saturated heterocycles. The first-order chi connectivity index (χ1) is 15.8. The highest BCUT2D eigenvalue weighted by atomic mass is 16.6. The SMILES string of the molecule is CC(C)(CC/C=C/C(=O)NO)[C@@H](OC(=O)Nc1ccccc1)c1ccc(O)c2ccccc12.